The minimum atomic E-state index is -0.287. The molecule has 1 aliphatic carbocycles. The fraction of sp³-hybridized carbons (Fsp3) is 0.250. The molecule has 10 heteroatoms. The van der Waals surface area contributed by atoms with Crippen LogP contribution < -0.4 is 21.1 Å². The second-order valence-corrected chi connectivity index (χ2v) is 5.92. The highest BCUT2D eigenvalue weighted by Crippen LogP contribution is 2.31. The average molecular weight is 377 g/mol. The molecule has 136 valence electrons. The molecule has 2 aromatic rings. The molecule has 3 rings (SSSR count). The van der Waals surface area contributed by atoms with Crippen molar-refractivity contribution >= 4 is 35.4 Å². The van der Waals surface area contributed by atoms with Crippen molar-refractivity contribution in [3.05, 3.63) is 35.1 Å². The summed E-state index contributed by atoms with van der Waals surface area (Å²) in [4.78, 5) is 24.4. The number of aromatic nitrogens is 2. The number of carbonyl (C=O) groups excluding carboxylic acids is 1. The van der Waals surface area contributed by atoms with Gasteiger partial charge in [-0.2, -0.15) is 0 Å². The standard InChI is InChI=1S/C16H17ClN6O3/c1-25-21-7-11-14(18)19-8-20-15(11)26-10-4-5-13(12(17)6-10)23-16(24)22-9-2-3-9/h4-9H,2-3H2,1H3,(H2,18,19,20)(H2,22,23,24). The molecule has 0 radical (unpaired) electrons. The van der Waals surface area contributed by atoms with E-state index in [1.807, 2.05) is 0 Å². The molecular weight excluding hydrogens is 360 g/mol. The predicted molar refractivity (Wildman–Crippen MR) is 97.7 cm³/mol. The van der Waals surface area contributed by atoms with Crippen LogP contribution in [0, 0.1) is 0 Å². The van der Waals surface area contributed by atoms with Gasteiger partial charge in [0.15, 0.2) is 0 Å². The first-order chi connectivity index (χ1) is 12.6. The number of carbonyl (C=O) groups is 1. The number of halogens is 1. The van der Waals surface area contributed by atoms with Crippen LogP contribution in [0.2, 0.25) is 5.02 Å². The molecule has 1 fully saturated rings. The Kier molecular flexibility index (Phi) is 5.37. The van der Waals surface area contributed by atoms with E-state index < -0.39 is 0 Å². The quantitative estimate of drug-likeness (QED) is 0.526. The molecule has 1 aromatic carbocycles. The van der Waals surface area contributed by atoms with Gasteiger partial charge in [0.05, 0.1) is 16.9 Å². The number of benzene rings is 1. The fourth-order valence-electron chi connectivity index (χ4n) is 2.04. The van der Waals surface area contributed by atoms with E-state index >= 15 is 0 Å². The average Bonchev–Trinajstić information content (AvgIpc) is 3.41. The first kappa shape index (κ1) is 17.7. The lowest BCUT2D eigenvalue weighted by atomic mass is 10.3. The molecule has 0 aliphatic heterocycles. The molecule has 0 bridgehead atoms. The number of amides is 2. The van der Waals surface area contributed by atoms with Gasteiger partial charge in [-0.1, -0.05) is 16.8 Å². The van der Waals surface area contributed by atoms with E-state index in [0.29, 0.717) is 22.0 Å². The number of nitrogens with one attached hydrogen (secondary N) is 2. The van der Waals surface area contributed by atoms with Crippen molar-refractivity contribution in [1.29, 1.82) is 0 Å². The number of oxime groups is 1. The second-order valence-electron chi connectivity index (χ2n) is 5.51. The number of urea groups is 1. The molecule has 0 saturated heterocycles. The van der Waals surface area contributed by atoms with Crippen LogP contribution in [-0.4, -0.2) is 35.4 Å². The fourth-order valence-corrected chi connectivity index (χ4v) is 2.26. The van der Waals surface area contributed by atoms with E-state index in [9.17, 15) is 4.79 Å². The number of nitrogens with zero attached hydrogens (tertiary/aromatic N) is 3. The highest BCUT2D eigenvalue weighted by atomic mass is 35.5. The van der Waals surface area contributed by atoms with Crippen molar-refractivity contribution in [1.82, 2.24) is 15.3 Å². The monoisotopic (exact) mass is 376 g/mol. The number of nitrogen functional groups attached to an aromatic ring is 1. The first-order valence-electron chi connectivity index (χ1n) is 7.78. The Morgan fingerprint density at radius 2 is 2.23 bits per heavy atom. The van der Waals surface area contributed by atoms with Crippen LogP contribution in [0.4, 0.5) is 16.3 Å². The van der Waals surface area contributed by atoms with Gasteiger partial charge in [0.2, 0.25) is 5.88 Å². The third-order valence-corrected chi connectivity index (χ3v) is 3.79. The third kappa shape index (κ3) is 4.51. The Morgan fingerprint density at radius 1 is 1.42 bits per heavy atom. The Hall–Kier alpha value is -3.07. The lowest BCUT2D eigenvalue weighted by Crippen LogP contribution is -2.30. The maximum atomic E-state index is 11.8. The van der Waals surface area contributed by atoms with Gasteiger partial charge in [0.25, 0.3) is 0 Å². The van der Waals surface area contributed by atoms with Crippen molar-refractivity contribution in [3.8, 4) is 11.6 Å². The Morgan fingerprint density at radius 3 is 2.92 bits per heavy atom. The smallest absolute Gasteiger partial charge is 0.319 e. The molecule has 1 aromatic heterocycles. The molecule has 9 nitrogen and oxygen atoms in total. The van der Waals surface area contributed by atoms with Crippen LogP contribution in [0.3, 0.4) is 0 Å². The molecular formula is C16H17ClN6O3. The summed E-state index contributed by atoms with van der Waals surface area (Å²) in [5.41, 5.74) is 6.66. The number of rotatable bonds is 6. The number of ether oxygens (including phenoxy) is 1. The summed E-state index contributed by atoms with van der Waals surface area (Å²) in [6.45, 7) is 0. The molecule has 0 unspecified atom stereocenters. The first-order valence-corrected chi connectivity index (χ1v) is 8.16. The van der Waals surface area contributed by atoms with E-state index in [1.54, 1.807) is 18.2 Å². The van der Waals surface area contributed by atoms with Crippen LogP contribution in [0.25, 0.3) is 0 Å². The summed E-state index contributed by atoms with van der Waals surface area (Å²) in [5, 5.41) is 9.49. The van der Waals surface area contributed by atoms with Gasteiger partial charge >= 0.3 is 6.03 Å². The summed E-state index contributed by atoms with van der Waals surface area (Å²) >= 11 is 6.22. The van der Waals surface area contributed by atoms with Gasteiger partial charge in [0.1, 0.15) is 30.6 Å². The predicted octanol–water partition coefficient (Wildman–Crippen LogP) is 2.77. The zero-order valence-electron chi connectivity index (χ0n) is 13.9. The number of hydrogen-bond donors (Lipinski definition) is 3. The van der Waals surface area contributed by atoms with Gasteiger partial charge in [0, 0.05) is 12.1 Å². The maximum Gasteiger partial charge on any atom is 0.319 e. The molecule has 26 heavy (non-hydrogen) atoms. The van der Waals surface area contributed by atoms with Gasteiger partial charge in [-0.15, -0.1) is 0 Å². The molecule has 0 atom stereocenters. The Labute approximate surface area is 154 Å². The summed E-state index contributed by atoms with van der Waals surface area (Å²) in [6.07, 6.45) is 4.63. The summed E-state index contributed by atoms with van der Waals surface area (Å²) in [5.74, 6) is 0.798. The van der Waals surface area contributed by atoms with E-state index in [4.69, 9.17) is 22.1 Å². The van der Waals surface area contributed by atoms with E-state index in [0.717, 1.165) is 12.8 Å². The lowest BCUT2D eigenvalue weighted by molar-refractivity contribution is 0.215. The third-order valence-electron chi connectivity index (χ3n) is 3.48. The lowest BCUT2D eigenvalue weighted by Gasteiger charge is -2.11. The summed E-state index contributed by atoms with van der Waals surface area (Å²) in [6, 6.07) is 4.81. The normalized spacial score (nSPS) is 13.5. The van der Waals surface area contributed by atoms with Crippen LogP contribution in [0.15, 0.2) is 29.7 Å². The maximum absolute atomic E-state index is 11.8. The van der Waals surface area contributed by atoms with Crippen LogP contribution in [0.1, 0.15) is 18.4 Å². The Bertz CT molecular complexity index is 841. The Balaban J connectivity index is 1.74. The highest BCUT2D eigenvalue weighted by Gasteiger charge is 2.23. The summed E-state index contributed by atoms with van der Waals surface area (Å²) < 4.78 is 5.71. The zero-order chi connectivity index (χ0) is 18.5. The van der Waals surface area contributed by atoms with E-state index in [1.165, 1.54) is 19.7 Å². The van der Waals surface area contributed by atoms with Crippen molar-refractivity contribution < 1.29 is 14.4 Å². The molecule has 0 spiro atoms. The minimum absolute atomic E-state index is 0.192. The summed E-state index contributed by atoms with van der Waals surface area (Å²) in [7, 11) is 1.40. The SMILES string of the molecule is CON=Cc1c(N)ncnc1Oc1ccc(NC(=O)NC2CC2)c(Cl)c1. The van der Waals surface area contributed by atoms with Gasteiger partial charge < -0.3 is 25.9 Å². The van der Waals surface area contributed by atoms with Crippen LogP contribution >= 0.6 is 11.6 Å². The molecule has 1 aliphatic rings. The number of anilines is 2. The molecule has 2 amide bonds. The largest absolute Gasteiger partial charge is 0.438 e. The van der Waals surface area contributed by atoms with Crippen molar-refractivity contribution in [2.24, 2.45) is 5.16 Å². The number of hydrogen-bond acceptors (Lipinski definition) is 7. The van der Waals surface area contributed by atoms with Crippen molar-refractivity contribution in [2.75, 3.05) is 18.2 Å². The van der Waals surface area contributed by atoms with Crippen molar-refractivity contribution in [2.45, 2.75) is 18.9 Å². The molecule has 1 heterocycles. The zero-order valence-corrected chi connectivity index (χ0v) is 14.7. The van der Waals surface area contributed by atoms with Crippen LogP contribution in [0.5, 0.6) is 11.6 Å². The molecule has 4 N–H and O–H groups in total. The second kappa shape index (κ2) is 7.87. The van der Waals surface area contributed by atoms with E-state index in [-0.39, 0.29) is 23.8 Å². The highest BCUT2D eigenvalue weighted by molar-refractivity contribution is 6.33. The van der Waals surface area contributed by atoms with Gasteiger partial charge in [-0.3, -0.25) is 0 Å². The number of nitrogens with two attached hydrogens (primary N) is 1. The topological polar surface area (TPSA) is 124 Å². The molecule has 1 saturated carbocycles. The van der Waals surface area contributed by atoms with Gasteiger partial charge in [-0.25, -0.2) is 14.8 Å². The van der Waals surface area contributed by atoms with E-state index in [2.05, 4.69) is 30.6 Å². The minimum Gasteiger partial charge on any atom is -0.438 e. The van der Waals surface area contributed by atoms with Crippen molar-refractivity contribution in [3.63, 3.8) is 0 Å². The van der Waals surface area contributed by atoms with Gasteiger partial charge in [-0.05, 0) is 25.0 Å². The van der Waals surface area contributed by atoms with Crippen LogP contribution in [-0.2, 0) is 4.84 Å².